The molecule has 0 unspecified atom stereocenters. The fourth-order valence-electron chi connectivity index (χ4n) is 3.63. The van der Waals surface area contributed by atoms with Crippen molar-refractivity contribution in [2.45, 2.75) is 19.1 Å². The summed E-state index contributed by atoms with van der Waals surface area (Å²) in [5, 5.41) is 1.57. The van der Waals surface area contributed by atoms with Crippen molar-refractivity contribution in [3.63, 3.8) is 0 Å². The van der Waals surface area contributed by atoms with E-state index in [9.17, 15) is 27.6 Å². The molecular weight excluding hydrogens is 449 g/mol. The predicted octanol–water partition coefficient (Wildman–Crippen LogP) is 3.31. The molecule has 2 aromatic carbocycles. The first-order valence-corrected chi connectivity index (χ1v) is 10.9. The van der Waals surface area contributed by atoms with Crippen molar-refractivity contribution in [3.05, 3.63) is 65.7 Å². The number of ketones is 1. The number of amides is 3. The van der Waals surface area contributed by atoms with Crippen LogP contribution in [0.3, 0.4) is 0 Å². The van der Waals surface area contributed by atoms with Gasteiger partial charge in [-0.05, 0) is 37.7 Å². The quantitative estimate of drug-likeness (QED) is 0.650. The number of nitrogens with one attached hydrogen (secondary N) is 1. The molecule has 34 heavy (non-hydrogen) atoms. The second-order valence-electron chi connectivity index (χ2n) is 8.15. The number of hydrogen-bond acceptors (Lipinski definition) is 4. The average Bonchev–Trinajstić information content (AvgIpc) is 3.05. The number of likely N-dealkylation sites (N-methyl/N-ethyl adjacent to an activating group) is 1. The number of rotatable bonds is 6. The molecule has 1 aliphatic rings. The zero-order chi connectivity index (χ0) is 24.7. The van der Waals surface area contributed by atoms with E-state index >= 15 is 0 Å². The first-order chi connectivity index (χ1) is 16.1. The van der Waals surface area contributed by atoms with Crippen LogP contribution in [0.1, 0.15) is 22.3 Å². The summed E-state index contributed by atoms with van der Waals surface area (Å²) in [4.78, 5) is 42.2. The second kappa shape index (κ2) is 11.1. The van der Waals surface area contributed by atoms with Crippen LogP contribution in [0.2, 0.25) is 0 Å². The maximum atomic E-state index is 13.4. The fraction of sp³-hybridized carbons (Fsp3) is 0.375. The smallest absolute Gasteiger partial charge is 0.341 e. The molecule has 7 nitrogen and oxygen atoms in total. The minimum absolute atomic E-state index is 0.114. The molecule has 0 aliphatic carbocycles. The van der Waals surface area contributed by atoms with E-state index in [4.69, 9.17) is 0 Å². The highest BCUT2D eigenvalue weighted by Gasteiger charge is 2.38. The summed E-state index contributed by atoms with van der Waals surface area (Å²) in [7, 11) is 2.03. The minimum atomic E-state index is -5.04. The number of anilines is 1. The first-order valence-electron chi connectivity index (χ1n) is 10.9. The molecule has 10 heteroatoms. The van der Waals surface area contributed by atoms with Crippen LogP contribution in [0, 0.1) is 0 Å². The van der Waals surface area contributed by atoms with E-state index in [-0.39, 0.29) is 18.1 Å². The van der Waals surface area contributed by atoms with E-state index in [1.807, 2.05) is 42.3 Å². The number of alkyl halides is 3. The van der Waals surface area contributed by atoms with Crippen molar-refractivity contribution < 1.29 is 27.6 Å². The van der Waals surface area contributed by atoms with Gasteiger partial charge in [0.15, 0.2) is 5.78 Å². The van der Waals surface area contributed by atoms with Crippen molar-refractivity contribution in [3.8, 4) is 0 Å². The van der Waals surface area contributed by atoms with E-state index in [2.05, 4.69) is 4.90 Å². The van der Waals surface area contributed by atoms with Crippen molar-refractivity contribution in [1.82, 2.24) is 15.1 Å². The Bertz CT molecular complexity index is 997. The summed E-state index contributed by atoms with van der Waals surface area (Å²) in [6.07, 6.45) is -4.16. The lowest BCUT2D eigenvalue weighted by molar-refractivity contribution is -0.173. The van der Waals surface area contributed by atoms with Crippen molar-refractivity contribution in [2.75, 3.05) is 44.7 Å². The van der Waals surface area contributed by atoms with Gasteiger partial charge in [0, 0.05) is 30.9 Å². The highest BCUT2D eigenvalue weighted by Crippen LogP contribution is 2.20. The van der Waals surface area contributed by atoms with Gasteiger partial charge in [0.2, 0.25) is 0 Å². The number of urea groups is 1. The zero-order valence-electron chi connectivity index (χ0n) is 18.8. The molecule has 0 bridgehead atoms. The maximum absolute atomic E-state index is 13.4. The number of para-hydroxylation sites is 1. The Balaban J connectivity index is 1.71. The third kappa shape index (κ3) is 6.80. The largest absolute Gasteiger partial charge is 0.471 e. The highest BCUT2D eigenvalue weighted by atomic mass is 19.4. The molecule has 1 fully saturated rings. The van der Waals surface area contributed by atoms with Gasteiger partial charge < -0.3 is 15.1 Å². The van der Waals surface area contributed by atoms with Gasteiger partial charge in [0.25, 0.3) is 0 Å². The van der Waals surface area contributed by atoms with E-state index in [0.717, 1.165) is 30.8 Å². The van der Waals surface area contributed by atoms with Crippen LogP contribution < -0.4 is 10.2 Å². The lowest BCUT2D eigenvalue weighted by Crippen LogP contribution is -2.44. The monoisotopic (exact) mass is 476 g/mol. The lowest BCUT2D eigenvalue weighted by atomic mass is 10.1. The Kier molecular flexibility index (Phi) is 8.27. The van der Waals surface area contributed by atoms with Crippen LogP contribution in [0.4, 0.5) is 23.7 Å². The van der Waals surface area contributed by atoms with Crippen LogP contribution >= 0.6 is 0 Å². The molecule has 0 aromatic heterocycles. The number of hydrogen-bond donors (Lipinski definition) is 1. The van der Waals surface area contributed by atoms with Crippen molar-refractivity contribution in [1.29, 1.82) is 0 Å². The number of Topliss-reactive ketones (excluding diaryl/α,β-unsaturated/α-hetero) is 1. The van der Waals surface area contributed by atoms with Crippen LogP contribution in [-0.4, -0.2) is 73.5 Å². The zero-order valence-corrected chi connectivity index (χ0v) is 18.8. The van der Waals surface area contributed by atoms with Gasteiger partial charge in [-0.25, -0.2) is 4.79 Å². The van der Waals surface area contributed by atoms with Gasteiger partial charge in [-0.15, -0.1) is 0 Å². The summed E-state index contributed by atoms with van der Waals surface area (Å²) in [5.41, 5.74) is 1.65. The normalized spacial score (nSPS) is 14.9. The van der Waals surface area contributed by atoms with Gasteiger partial charge in [-0.3, -0.25) is 14.5 Å². The number of benzene rings is 2. The molecule has 1 aliphatic heterocycles. The van der Waals surface area contributed by atoms with Crippen LogP contribution in [-0.2, 0) is 11.3 Å². The van der Waals surface area contributed by atoms with Gasteiger partial charge >= 0.3 is 18.1 Å². The first kappa shape index (κ1) is 25.2. The Morgan fingerprint density at radius 1 is 0.941 bits per heavy atom. The second-order valence-corrected chi connectivity index (χ2v) is 8.15. The summed E-state index contributed by atoms with van der Waals surface area (Å²) in [6, 6.07) is 15.4. The summed E-state index contributed by atoms with van der Waals surface area (Å²) >= 11 is 0. The Morgan fingerprint density at radius 3 is 2.26 bits per heavy atom. The number of halogens is 3. The molecule has 3 amide bonds. The SMILES string of the molecule is CN1CCCN(C(=O)N(Cc2ccc(C(=O)CNC(=O)C(F)(F)F)cc2)c2ccccc2)CC1. The third-order valence-corrected chi connectivity index (χ3v) is 5.57. The average molecular weight is 476 g/mol. The van der Waals surface area contributed by atoms with Gasteiger partial charge in [0.1, 0.15) is 0 Å². The van der Waals surface area contributed by atoms with Gasteiger partial charge in [0.05, 0.1) is 13.1 Å². The predicted molar refractivity (Wildman–Crippen MR) is 122 cm³/mol. The summed E-state index contributed by atoms with van der Waals surface area (Å²) in [6.45, 7) is 2.49. The lowest BCUT2D eigenvalue weighted by Gasteiger charge is -2.30. The molecule has 0 saturated carbocycles. The van der Waals surface area contributed by atoms with Crippen molar-refractivity contribution in [2.24, 2.45) is 0 Å². The third-order valence-electron chi connectivity index (χ3n) is 5.57. The fourth-order valence-corrected chi connectivity index (χ4v) is 3.63. The molecular formula is C24H27F3N4O3. The molecule has 182 valence electrons. The van der Waals surface area contributed by atoms with Gasteiger partial charge in [-0.2, -0.15) is 13.2 Å². The Labute approximate surface area is 196 Å². The van der Waals surface area contributed by atoms with Gasteiger partial charge in [-0.1, -0.05) is 42.5 Å². The standard InChI is InChI=1S/C24H27F3N4O3/c1-29-12-5-13-30(15-14-29)23(34)31(20-6-3-2-4-7-20)17-18-8-10-19(11-9-18)21(32)16-28-22(33)24(25,26)27/h2-4,6-11H,5,12-17H2,1H3,(H,28,33). The summed E-state index contributed by atoms with van der Waals surface area (Å²) in [5.74, 6) is -2.80. The molecule has 3 rings (SSSR count). The highest BCUT2D eigenvalue weighted by molar-refractivity contribution is 5.99. The topological polar surface area (TPSA) is 73.0 Å². The van der Waals surface area contributed by atoms with Crippen LogP contribution in [0.15, 0.2) is 54.6 Å². The number of carbonyl (C=O) groups excluding carboxylic acids is 3. The Morgan fingerprint density at radius 2 is 1.62 bits per heavy atom. The van der Waals surface area contributed by atoms with Crippen LogP contribution in [0.25, 0.3) is 0 Å². The Hall–Kier alpha value is -3.40. The van der Waals surface area contributed by atoms with Crippen molar-refractivity contribution >= 4 is 23.4 Å². The number of nitrogens with zero attached hydrogens (tertiary/aromatic N) is 3. The van der Waals surface area contributed by atoms with E-state index in [0.29, 0.717) is 13.1 Å². The molecule has 1 N–H and O–H groups in total. The van der Waals surface area contributed by atoms with E-state index in [1.54, 1.807) is 22.3 Å². The molecule has 0 atom stereocenters. The van der Waals surface area contributed by atoms with Crippen LogP contribution in [0.5, 0.6) is 0 Å². The summed E-state index contributed by atoms with van der Waals surface area (Å²) < 4.78 is 36.9. The minimum Gasteiger partial charge on any atom is -0.341 e. The molecule has 2 aromatic rings. The van der Waals surface area contributed by atoms with E-state index in [1.165, 1.54) is 12.1 Å². The maximum Gasteiger partial charge on any atom is 0.471 e. The molecule has 0 spiro atoms. The number of carbonyl (C=O) groups is 3. The molecule has 1 saturated heterocycles. The molecule has 1 heterocycles. The van der Waals surface area contributed by atoms with E-state index < -0.39 is 24.4 Å². The molecule has 0 radical (unpaired) electrons.